The number of nitrogens with one attached hydrogen (secondary N) is 1. The number of H-pyrrole nitrogens is 1. The molecule has 0 fully saturated rings. The Morgan fingerprint density at radius 3 is 2.62 bits per heavy atom. The number of hydrogen-bond acceptors (Lipinski definition) is 3. The van der Waals surface area contributed by atoms with Crippen LogP contribution in [0.2, 0.25) is 0 Å². The summed E-state index contributed by atoms with van der Waals surface area (Å²) in [6.07, 6.45) is 6.03. The van der Waals surface area contributed by atoms with Crippen molar-refractivity contribution in [1.82, 2.24) is 19.9 Å². The lowest BCUT2D eigenvalue weighted by atomic mass is 10.2. The van der Waals surface area contributed by atoms with Crippen LogP contribution in [0.3, 0.4) is 0 Å². The fourth-order valence-corrected chi connectivity index (χ4v) is 1.34. The van der Waals surface area contributed by atoms with Crippen LogP contribution in [0, 0.1) is 6.33 Å². The van der Waals surface area contributed by atoms with E-state index in [1.54, 1.807) is 12.4 Å². The van der Waals surface area contributed by atoms with Gasteiger partial charge in [-0.3, -0.25) is 9.97 Å². The van der Waals surface area contributed by atoms with Gasteiger partial charge in [0.2, 0.25) is 0 Å². The van der Waals surface area contributed by atoms with Crippen molar-refractivity contribution in [2.24, 2.45) is 0 Å². The summed E-state index contributed by atoms with van der Waals surface area (Å²) in [7, 11) is 0. The van der Waals surface area contributed by atoms with E-state index in [-0.39, 0.29) is 0 Å². The van der Waals surface area contributed by atoms with Crippen LogP contribution in [-0.4, -0.2) is 19.9 Å². The molecule has 4 nitrogen and oxygen atoms in total. The molecule has 0 amide bonds. The number of rotatable bonds is 0. The van der Waals surface area contributed by atoms with Crippen LogP contribution in [0.4, 0.5) is 0 Å². The van der Waals surface area contributed by atoms with Gasteiger partial charge in [-0.1, -0.05) is 0 Å². The highest BCUT2D eigenvalue weighted by Crippen LogP contribution is 2.15. The monoisotopic (exact) mass is 169 g/mol. The van der Waals surface area contributed by atoms with Gasteiger partial charge in [-0.15, -0.1) is 0 Å². The van der Waals surface area contributed by atoms with Gasteiger partial charge in [-0.05, 0) is 12.1 Å². The highest BCUT2D eigenvalue weighted by Gasteiger charge is 2.00. The Bertz CT molecular complexity index is 520. The fourth-order valence-electron chi connectivity index (χ4n) is 1.34. The molecule has 13 heavy (non-hydrogen) atoms. The summed E-state index contributed by atoms with van der Waals surface area (Å²) < 4.78 is 0. The maximum atomic E-state index is 4.19. The van der Waals surface area contributed by atoms with Gasteiger partial charge in [0.05, 0.1) is 22.1 Å². The first-order chi connectivity index (χ1) is 6.43. The Kier molecular flexibility index (Phi) is 1.14. The average molecular weight is 169 g/mol. The third-order valence-electron chi connectivity index (χ3n) is 1.95. The first-order valence-corrected chi connectivity index (χ1v) is 3.90. The van der Waals surface area contributed by atoms with Crippen LogP contribution < -0.4 is 0 Å². The van der Waals surface area contributed by atoms with Gasteiger partial charge in [0.25, 0.3) is 0 Å². The summed E-state index contributed by atoms with van der Waals surface area (Å²) in [6, 6.07) is 3.81. The van der Waals surface area contributed by atoms with Gasteiger partial charge in [0.15, 0.2) is 6.33 Å². The van der Waals surface area contributed by atoms with Gasteiger partial charge < -0.3 is 4.98 Å². The first kappa shape index (κ1) is 6.54. The van der Waals surface area contributed by atoms with Crippen molar-refractivity contribution in [1.29, 1.82) is 0 Å². The van der Waals surface area contributed by atoms with Crippen molar-refractivity contribution in [3.63, 3.8) is 0 Å². The molecule has 1 N–H and O–H groups in total. The minimum Gasteiger partial charge on any atom is -0.335 e. The largest absolute Gasteiger partial charge is 0.335 e. The van der Waals surface area contributed by atoms with E-state index >= 15 is 0 Å². The Labute approximate surface area is 73.7 Å². The second kappa shape index (κ2) is 2.26. The molecule has 4 heteroatoms. The van der Waals surface area contributed by atoms with Gasteiger partial charge in [-0.25, -0.2) is 4.98 Å². The molecule has 61 valence electrons. The number of nitrogens with zero attached hydrogens (tertiary/aromatic N) is 3. The highest BCUT2D eigenvalue weighted by atomic mass is 14.9. The predicted molar refractivity (Wildman–Crippen MR) is 48.0 cm³/mol. The molecule has 2 aromatic heterocycles. The fraction of sp³-hybridized carbons (Fsp3) is 0. The third-order valence-corrected chi connectivity index (χ3v) is 1.95. The van der Waals surface area contributed by atoms with E-state index in [4.69, 9.17) is 0 Å². The molecule has 0 aliphatic heterocycles. The summed E-state index contributed by atoms with van der Waals surface area (Å²) in [5.41, 5.74) is 3.53. The summed E-state index contributed by atoms with van der Waals surface area (Å²) >= 11 is 0. The molecule has 0 saturated heterocycles. The molecular formula is C9H5N4. The van der Waals surface area contributed by atoms with E-state index in [0.717, 1.165) is 22.1 Å². The number of aromatic amines is 1. The zero-order valence-corrected chi connectivity index (χ0v) is 6.65. The topological polar surface area (TPSA) is 54.5 Å². The Morgan fingerprint density at radius 1 is 1.00 bits per heavy atom. The second-order valence-electron chi connectivity index (χ2n) is 2.76. The maximum absolute atomic E-state index is 4.19. The SMILES string of the molecule is [c]1nc2cc3nccnc3cc2[nH]1. The van der Waals surface area contributed by atoms with Crippen LogP contribution in [0.25, 0.3) is 22.1 Å². The number of aromatic nitrogens is 4. The summed E-state index contributed by atoms with van der Waals surface area (Å²) in [4.78, 5) is 15.3. The van der Waals surface area contributed by atoms with Crippen molar-refractivity contribution >= 4 is 22.1 Å². The molecule has 0 aliphatic carbocycles. The van der Waals surface area contributed by atoms with E-state index < -0.39 is 0 Å². The lowest BCUT2D eigenvalue weighted by molar-refractivity contribution is 1.30. The smallest absolute Gasteiger partial charge is 0.174 e. The highest BCUT2D eigenvalue weighted by molar-refractivity contribution is 5.90. The average Bonchev–Trinajstić information content (AvgIpc) is 2.61. The summed E-state index contributed by atoms with van der Waals surface area (Å²) in [5.74, 6) is 0. The van der Waals surface area contributed by atoms with Gasteiger partial charge in [0.1, 0.15) is 0 Å². The number of benzene rings is 1. The van der Waals surface area contributed by atoms with Crippen LogP contribution >= 0.6 is 0 Å². The molecule has 2 heterocycles. The van der Waals surface area contributed by atoms with Crippen LogP contribution in [0.15, 0.2) is 24.5 Å². The molecule has 0 bridgehead atoms. The minimum absolute atomic E-state index is 0.857. The van der Waals surface area contributed by atoms with Crippen molar-refractivity contribution in [2.45, 2.75) is 0 Å². The predicted octanol–water partition coefficient (Wildman–Crippen LogP) is 1.31. The molecule has 1 radical (unpaired) electrons. The molecule has 0 aliphatic rings. The van der Waals surface area contributed by atoms with Gasteiger partial charge >= 0.3 is 0 Å². The summed E-state index contributed by atoms with van der Waals surface area (Å²) in [5, 5.41) is 0. The molecule has 0 unspecified atom stereocenters. The zero-order chi connectivity index (χ0) is 8.67. The maximum Gasteiger partial charge on any atom is 0.174 e. The second-order valence-corrected chi connectivity index (χ2v) is 2.76. The van der Waals surface area contributed by atoms with E-state index in [1.165, 1.54) is 0 Å². The Balaban J connectivity index is 2.57. The van der Waals surface area contributed by atoms with Crippen LogP contribution in [-0.2, 0) is 0 Å². The lowest BCUT2D eigenvalue weighted by Gasteiger charge is -1.93. The molecule has 0 atom stereocenters. The minimum atomic E-state index is 0.857. The third kappa shape index (κ3) is 0.885. The normalized spacial score (nSPS) is 11.1. The van der Waals surface area contributed by atoms with Crippen molar-refractivity contribution in [2.75, 3.05) is 0 Å². The number of fused-ring (bicyclic) bond motifs is 2. The quantitative estimate of drug-likeness (QED) is 0.552. The molecule has 0 saturated carbocycles. The number of hydrogen-bond donors (Lipinski definition) is 1. The van der Waals surface area contributed by atoms with E-state index in [2.05, 4.69) is 26.3 Å². The summed E-state index contributed by atoms with van der Waals surface area (Å²) in [6.45, 7) is 0. The lowest BCUT2D eigenvalue weighted by Crippen LogP contribution is -1.81. The molecule has 1 aromatic carbocycles. The van der Waals surface area contributed by atoms with Gasteiger partial charge in [-0.2, -0.15) is 0 Å². The Morgan fingerprint density at radius 2 is 1.77 bits per heavy atom. The van der Waals surface area contributed by atoms with Crippen molar-refractivity contribution in [3.8, 4) is 0 Å². The molecule has 3 rings (SSSR count). The first-order valence-electron chi connectivity index (χ1n) is 3.90. The van der Waals surface area contributed by atoms with Crippen molar-refractivity contribution < 1.29 is 0 Å². The van der Waals surface area contributed by atoms with Crippen LogP contribution in [0.5, 0.6) is 0 Å². The van der Waals surface area contributed by atoms with Crippen LogP contribution in [0.1, 0.15) is 0 Å². The number of imidazole rings is 1. The zero-order valence-electron chi connectivity index (χ0n) is 6.65. The van der Waals surface area contributed by atoms with Gasteiger partial charge in [0, 0.05) is 12.4 Å². The van der Waals surface area contributed by atoms with E-state index in [1.807, 2.05) is 12.1 Å². The molecule has 0 spiro atoms. The van der Waals surface area contributed by atoms with E-state index in [9.17, 15) is 0 Å². The van der Waals surface area contributed by atoms with Crippen molar-refractivity contribution in [3.05, 3.63) is 30.9 Å². The Hall–Kier alpha value is -1.97. The van der Waals surface area contributed by atoms with E-state index in [0.29, 0.717) is 0 Å². The molecule has 3 aromatic rings. The standard InChI is InChI=1S/C9H5N4/c1-2-11-7-4-9-8(12-5-13-9)3-6(7)10-1/h1-4H,(H,12,13). The molecular weight excluding hydrogens is 164 g/mol.